The third-order valence-electron chi connectivity index (χ3n) is 2.51. The third-order valence-corrected chi connectivity index (χ3v) is 3.11. The first-order valence-corrected chi connectivity index (χ1v) is 6.73. The van der Waals surface area contributed by atoms with Crippen molar-refractivity contribution >= 4 is 23.4 Å². The molecule has 5 heteroatoms. The molecule has 0 saturated heterocycles. The van der Waals surface area contributed by atoms with Crippen molar-refractivity contribution in [2.75, 3.05) is 31.3 Å². The van der Waals surface area contributed by atoms with Crippen LogP contribution in [0.1, 0.15) is 15.9 Å². The molecule has 0 aliphatic rings. The summed E-state index contributed by atoms with van der Waals surface area (Å²) in [6, 6.07) is 5.23. The van der Waals surface area contributed by atoms with Crippen LogP contribution in [0.4, 0.5) is 5.69 Å². The highest BCUT2D eigenvalue weighted by atomic mass is 32.2. The van der Waals surface area contributed by atoms with Crippen LogP contribution in [0.5, 0.6) is 0 Å². The van der Waals surface area contributed by atoms with Crippen LogP contribution in [0.3, 0.4) is 0 Å². The van der Waals surface area contributed by atoms with Crippen molar-refractivity contribution < 1.29 is 9.90 Å². The predicted molar refractivity (Wildman–Crippen MR) is 72.5 cm³/mol. The van der Waals surface area contributed by atoms with Gasteiger partial charge in [0.1, 0.15) is 0 Å². The van der Waals surface area contributed by atoms with Gasteiger partial charge in [-0.25, -0.2) is 4.79 Å². The van der Waals surface area contributed by atoms with Gasteiger partial charge in [-0.3, -0.25) is 0 Å². The molecular formula is C12H18N2O2S. The molecule has 3 N–H and O–H groups in total. The van der Waals surface area contributed by atoms with Crippen molar-refractivity contribution in [2.24, 2.45) is 0 Å². The van der Waals surface area contributed by atoms with Gasteiger partial charge in [0.25, 0.3) is 0 Å². The van der Waals surface area contributed by atoms with E-state index in [2.05, 4.69) is 11.2 Å². The quantitative estimate of drug-likeness (QED) is 0.757. The fraction of sp³-hybridized carbons (Fsp3) is 0.417. The Hall–Kier alpha value is -1.20. The number of anilines is 1. The smallest absolute Gasteiger partial charge is 0.338 e. The summed E-state index contributed by atoms with van der Waals surface area (Å²) in [6.07, 6.45) is 2.05. The molecule has 0 bridgehead atoms. The molecule has 0 aliphatic carbocycles. The number of aromatic carboxylic acids is 1. The Morgan fingerprint density at radius 1 is 1.53 bits per heavy atom. The molecule has 0 aromatic heterocycles. The number of nitrogen functional groups attached to an aromatic ring is 1. The van der Waals surface area contributed by atoms with Crippen molar-refractivity contribution in [1.82, 2.24) is 4.90 Å². The maximum atomic E-state index is 11.1. The minimum Gasteiger partial charge on any atom is -0.478 e. The number of benzene rings is 1. The van der Waals surface area contributed by atoms with E-state index in [1.807, 2.05) is 13.1 Å². The van der Waals surface area contributed by atoms with Crippen LogP contribution in [0.2, 0.25) is 0 Å². The molecule has 17 heavy (non-hydrogen) atoms. The van der Waals surface area contributed by atoms with E-state index in [0.717, 1.165) is 17.9 Å². The van der Waals surface area contributed by atoms with Crippen LogP contribution < -0.4 is 5.73 Å². The highest BCUT2D eigenvalue weighted by molar-refractivity contribution is 7.98. The minimum absolute atomic E-state index is 0.225. The summed E-state index contributed by atoms with van der Waals surface area (Å²) in [5.74, 6) is 0.0673. The summed E-state index contributed by atoms with van der Waals surface area (Å²) >= 11 is 1.77. The number of hydrogen-bond acceptors (Lipinski definition) is 4. The lowest BCUT2D eigenvalue weighted by atomic mass is 10.1. The standard InChI is InChI=1S/C12H18N2O2S/c1-14(6-7-17-2)8-9-4-3-5-10(13)11(9)12(15)16/h3-5H,6-8,13H2,1-2H3,(H,15,16). The maximum Gasteiger partial charge on any atom is 0.338 e. The Morgan fingerprint density at radius 3 is 2.82 bits per heavy atom. The molecule has 1 aromatic rings. The maximum absolute atomic E-state index is 11.1. The largest absolute Gasteiger partial charge is 0.478 e. The van der Waals surface area contributed by atoms with Gasteiger partial charge in [-0.05, 0) is 24.9 Å². The molecule has 0 fully saturated rings. The number of hydrogen-bond donors (Lipinski definition) is 2. The fourth-order valence-corrected chi connectivity index (χ4v) is 2.12. The average molecular weight is 254 g/mol. The molecule has 0 radical (unpaired) electrons. The molecule has 94 valence electrons. The lowest BCUT2D eigenvalue weighted by molar-refractivity contribution is 0.0696. The van der Waals surface area contributed by atoms with Gasteiger partial charge in [-0.2, -0.15) is 11.8 Å². The lowest BCUT2D eigenvalue weighted by Gasteiger charge is -2.17. The summed E-state index contributed by atoms with van der Waals surface area (Å²) in [5.41, 5.74) is 7.01. The van der Waals surface area contributed by atoms with E-state index >= 15 is 0 Å². The highest BCUT2D eigenvalue weighted by Gasteiger charge is 2.14. The Bertz CT molecular complexity index is 396. The molecular weight excluding hydrogens is 236 g/mol. The number of rotatable bonds is 6. The Labute approximate surface area is 106 Å². The van der Waals surface area contributed by atoms with Crippen molar-refractivity contribution in [1.29, 1.82) is 0 Å². The Balaban J connectivity index is 2.83. The van der Waals surface area contributed by atoms with Crippen LogP contribution in [-0.2, 0) is 6.54 Å². The number of carboxylic acid groups (broad SMARTS) is 1. The van der Waals surface area contributed by atoms with E-state index in [0.29, 0.717) is 12.2 Å². The third kappa shape index (κ3) is 3.94. The van der Waals surface area contributed by atoms with Gasteiger partial charge in [0, 0.05) is 24.5 Å². The van der Waals surface area contributed by atoms with Crippen LogP contribution in [0.15, 0.2) is 18.2 Å². The molecule has 4 nitrogen and oxygen atoms in total. The average Bonchev–Trinajstić information content (AvgIpc) is 2.25. The molecule has 0 spiro atoms. The van der Waals surface area contributed by atoms with E-state index in [4.69, 9.17) is 10.8 Å². The molecule has 0 heterocycles. The summed E-state index contributed by atoms with van der Waals surface area (Å²) < 4.78 is 0. The van der Waals surface area contributed by atoms with Crippen molar-refractivity contribution in [3.8, 4) is 0 Å². The summed E-state index contributed by atoms with van der Waals surface area (Å²) in [7, 11) is 1.98. The van der Waals surface area contributed by atoms with Crippen molar-refractivity contribution in [2.45, 2.75) is 6.54 Å². The number of nitrogens with two attached hydrogens (primary N) is 1. The zero-order valence-corrected chi connectivity index (χ0v) is 11.0. The van der Waals surface area contributed by atoms with E-state index in [1.165, 1.54) is 0 Å². The SMILES string of the molecule is CSCCN(C)Cc1cccc(N)c1C(=O)O. The Morgan fingerprint density at radius 2 is 2.24 bits per heavy atom. The number of carboxylic acids is 1. The van der Waals surface area contributed by atoms with E-state index in [-0.39, 0.29) is 5.56 Å². The molecule has 0 atom stereocenters. The first-order chi connectivity index (χ1) is 8.06. The molecule has 1 aromatic carbocycles. The molecule has 0 unspecified atom stereocenters. The number of thioether (sulfide) groups is 1. The summed E-state index contributed by atoms with van der Waals surface area (Å²) in [4.78, 5) is 13.2. The lowest BCUT2D eigenvalue weighted by Crippen LogP contribution is -2.22. The van der Waals surface area contributed by atoms with Crippen LogP contribution in [-0.4, -0.2) is 41.6 Å². The van der Waals surface area contributed by atoms with Gasteiger partial charge in [0.05, 0.1) is 5.56 Å². The zero-order chi connectivity index (χ0) is 12.8. The van der Waals surface area contributed by atoms with Gasteiger partial charge < -0.3 is 15.7 Å². The second-order valence-electron chi connectivity index (χ2n) is 3.92. The first-order valence-electron chi connectivity index (χ1n) is 5.34. The predicted octanol–water partition coefficient (Wildman–Crippen LogP) is 1.76. The zero-order valence-electron chi connectivity index (χ0n) is 10.1. The van der Waals surface area contributed by atoms with E-state index in [1.54, 1.807) is 23.9 Å². The number of carbonyl (C=O) groups is 1. The first kappa shape index (κ1) is 13.9. The summed E-state index contributed by atoms with van der Waals surface area (Å²) in [6.45, 7) is 1.53. The second-order valence-corrected chi connectivity index (χ2v) is 4.90. The highest BCUT2D eigenvalue weighted by Crippen LogP contribution is 2.18. The van der Waals surface area contributed by atoms with Crippen LogP contribution >= 0.6 is 11.8 Å². The van der Waals surface area contributed by atoms with Gasteiger partial charge in [-0.1, -0.05) is 12.1 Å². The topological polar surface area (TPSA) is 66.6 Å². The van der Waals surface area contributed by atoms with Gasteiger partial charge in [0.15, 0.2) is 0 Å². The molecule has 0 amide bonds. The Kier molecular flexibility index (Phi) is 5.31. The van der Waals surface area contributed by atoms with Crippen molar-refractivity contribution in [3.63, 3.8) is 0 Å². The van der Waals surface area contributed by atoms with Crippen LogP contribution in [0, 0.1) is 0 Å². The molecule has 0 saturated carbocycles. The van der Waals surface area contributed by atoms with Gasteiger partial charge in [0.2, 0.25) is 0 Å². The van der Waals surface area contributed by atoms with E-state index < -0.39 is 5.97 Å². The van der Waals surface area contributed by atoms with Crippen LogP contribution in [0.25, 0.3) is 0 Å². The molecule has 1 rings (SSSR count). The van der Waals surface area contributed by atoms with E-state index in [9.17, 15) is 4.79 Å². The van der Waals surface area contributed by atoms with Crippen molar-refractivity contribution in [3.05, 3.63) is 29.3 Å². The molecule has 0 aliphatic heterocycles. The monoisotopic (exact) mass is 254 g/mol. The van der Waals surface area contributed by atoms with Gasteiger partial charge in [-0.15, -0.1) is 0 Å². The fourth-order valence-electron chi connectivity index (χ4n) is 1.63. The van der Waals surface area contributed by atoms with Gasteiger partial charge >= 0.3 is 5.97 Å². The normalized spacial score (nSPS) is 10.8. The minimum atomic E-state index is -0.962. The number of nitrogens with zero attached hydrogens (tertiary/aromatic N) is 1. The second kappa shape index (κ2) is 6.51. The summed E-state index contributed by atoms with van der Waals surface area (Å²) in [5, 5.41) is 9.13.